The summed E-state index contributed by atoms with van der Waals surface area (Å²) in [5, 5.41) is 11.4. The van der Waals surface area contributed by atoms with Gasteiger partial charge in [-0.2, -0.15) is 5.26 Å². The number of rotatable bonds is 3. The molecule has 28 heavy (non-hydrogen) atoms. The summed E-state index contributed by atoms with van der Waals surface area (Å²) in [4.78, 5) is 12.7. The van der Waals surface area contributed by atoms with Gasteiger partial charge in [0, 0.05) is 16.1 Å². The molecule has 0 saturated heterocycles. The normalized spacial score (nSPS) is 15.4. The van der Waals surface area contributed by atoms with Gasteiger partial charge in [0.1, 0.15) is 28.0 Å². The smallest absolute Gasteiger partial charge is 0.353 e. The lowest BCUT2D eigenvalue weighted by Crippen LogP contribution is -2.21. The summed E-state index contributed by atoms with van der Waals surface area (Å²) in [6.07, 6.45) is 0. The number of halogens is 1. The Balaban J connectivity index is 1.72. The van der Waals surface area contributed by atoms with Gasteiger partial charge in [-0.25, -0.2) is 4.79 Å². The number of hydrogen-bond acceptors (Lipinski definition) is 6. The van der Waals surface area contributed by atoms with E-state index in [4.69, 9.17) is 15.2 Å². The minimum absolute atomic E-state index is 0.0460. The first-order valence-electron chi connectivity index (χ1n) is 8.29. The Hall–Kier alpha value is -3.08. The van der Waals surface area contributed by atoms with Gasteiger partial charge in [0.2, 0.25) is 5.88 Å². The number of carbonyl (C=O) groups is 1. The van der Waals surface area contributed by atoms with Gasteiger partial charge in [-0.05, 0) is 35.2 Å². The monoisotopic (exact) mass is 452 g/mol. The molecule has 2 heterocycles. The summed E-state index contributed by atoms with van der Waals surface area (Å²) >= 11 is 4.73. The highest BCUT2D eigenvalue weighted by Crippen LogP contribution is 2.43. The second-order valence-electron chi connectivity index (χ2n) is 6.04. The SMILES string of the molecule is N#CC1=C(N)Oc2cc(OC(=O)c3cccs3)ccc2C1c1ccc(Br)cc1. The van der Waals surface area contributed by atoms with Crippen molar-refractivity contribution in [2.45, 2.75) is 5.92 Å². The fourth-order valence-corrected chi connectivity index (χ4v) is 3.91. The Kier molecular flexibility index (Phi) is 4.90. The number of fused-ring (bicyclic) bond motifs is 1. The van der Waals surface area contributed by atoms with Crippen molar-refractivity contribution in [3.8, 4) is 17.6 Å². The summed E-state index contributed by atoms with van der Waals surface area (Å²) in [5.41, 5.74) is 8.05. The maximum atomic E-state index is 12.2. The van der Waals surface area contributed by atoms with Crippen LogP contribution in [0.3, 0.4) is 0 Å². The van der Waals surface area contributed by atoms with Gasteiger partial charge in [0.25, 0.3) is 0 Å². The lowest BCUT2D eigenvalue weighted by atomic mass is 9.83. The molecule has 1 aromatic heterocycles. The van der Waals surface area contributed by atoms with E-state index >= 15 is 0 Å². The molecule has 4 rings (SSSR count). The summed E-state index contributed by atoms with van der Waals surface area (Å²) in [6, 6.07) is 18.4. The van der Waals surface area contributed by atoms with Crippen LogP contribution in [0.5, 0.6) is 11.5 Å². The fraction of sp³-hybridized carbons (Fsp3) is 0.0476. The van der Waals surface area contributed by atoms with Gasteiger partial charge in [0.05, 0.1) is 5.92 Å². The lowest BCUT2D eigenvalue weighted by molar-refractivity contribution is 0.0739. The zero-order valence-electron chi connectivity index (χ0n) is 14.4. The Bertz CT molecular complexity index is 1120. The van der Waals surface area contributed by atoms with Crippen LogP contribution in [0.25, 0.3) is 0 Å². The molecule has 0 saturated carbocycles. The van der Waals surface area contributed by atoms with Crippen molar-refractivity contribution in [1.29, 1.82) is 5.26 Å². The molecule has 5 nitrogen and oxygen atoms in total. The molecule has 1 aliphatic rings. The van der Waals surface area contributed by atoms with E-state index in [1.807, 2.05) is 29.6 Å². The predicted molar refractivity (Wildman–Crippen MR) is 109 cm³/mol. The second-order valence-corrected chi connectivity index (χ2v) is 7.91. The summed E-state index contributed by atoms with van der Waals surface area (Å²) < 4.78 is 12.0. The van der Waals surface area contributed by atoms with Crippen molar-refractivity contribution < 1.29 is 14.3 Å². The van der Waals surface area contributed by atoms with E-state index in [9.17, 15) is 10.1 Å². The highest BCUT2D eigenvalue weighted by atomic mass is 79.9. The number of nitrogens with zero attached hydrogens (tertiary/aromatic N) is 1. The Labute approximate surface area is 173 Å². The van der Waals surface area contributed by atoms with E-state index in [0.29, 0.717) is 21.9 Å². The van der Waals surface area contributed by atoms with Crippen LogP contribution in [0.2, 0.25) is 0 Å². The van der Waals surface area contributed by atoms with Crippen molar-refractivity contribution in [3.63, 3.8) is 0 Å². The van der Waals surface area contributed by atoms with Crippen LogP contribution < -0.4 is 15.2 Å². The fourth-order valence-electron chi connectivity index (χ4n) is 3.05. The molecule has 2 aromatic carbocycles. The molecule has 138 valence electrons. The van der Waals surface area contributed by atoms with E-state index in [-0.39, 0.29) is 11.8 Å². The van der Waals surface area contributed by atoms with Gasteiger partial charge < -0.3 is 15.2 Å². The molecule has 0 aliphatic carbocycles. The Morgan fingerprint density at radius 1 is 1.21 bits per heavy atom. The zero-order valence-corrected chi connectivity index (χ0v) is 16.8. The van der Waals surface area contributed by atoms with E-state index in [0.717, 1.165) is 15.6 Å². The number of thiophene rings is 1. The van der Waals surface area contributed by atoms with Gasteiger partial charge in [0.15, 0.2) is 0 Å². The number of hydrogen-bond donors (Lipinski definition) is 1. The minimum atomic E-state index is -0.434. The van der Waals surface area contributed by atoms with Crippen LogP contribution in [0.15, 0.2) is 75.9 Å². The molecule has 0 bridgehead atoms. The van der Waals surface area contributed by atoms with E-state index < -0.39 is 5.97 Å². The lowest BCUT2D eigenvalue weighted by Gasteiger charge is -2.26. The molecule has 7 heteroatoms. The van der Waals surface area contributed by atoms with Crippen LogP contribution in [0, 0.1) is 11.3 Å². The number of nitriles is 1. The van der Waals surface area contributed by atoms with Gasteiger partial charge in [-0.3, -0.25) is 0 Å². The van der Waals surface area contributed by atoms with Crippen LogP contribution in [-0.4, -0.2) is 5.97 Å². The third kappa shape index (κ3) is 3.40. The van der Waals surface area contributed by atoms with Crippen LogP contribution in [0.4, 0.5) is 0 Å². The number of allylic oxidation sites excluding steroid dienone is 1. The number of benzene rings is 2. The van der Waals surface area contributed by atoms with E-state index in [2.05, 4.69) is 22.0 Å². The number of nitrogens with two attached hydrogens (primary N) is 1. The zero-order chi connectivity index (χ0) is 19.7. The van der Waals surface area contributed by atoms with Gasteiger partial charge in [-0.1, -0.05) is 40.2 Å². The molecule has 1 unspecified atom stereocenters. The van der Waals surface area contributed by atoms with Crippen molar-refractivity contribution in [1.82, 2.24) is 0 Å². The third-order valence-corrected chi connectivity index (χ3v) is 5.71. The van der Waals surface area contributed by atoms with E-state index in [1.54, 1.807) is 30.3 Å². The highest BCUT2D eigenvalue weighted by Gasteiger charge is 2.31. The molecule has 1 aliphatic heterocycles. The first-order valence-corrected chi connectivity index (χ1v) is 9.97. The molecule has 2 N–H and O–H groups in total. The number of carbonyl (C=O) groups excluding carboxylic acids is 1. The van der Waals surface area contributed by atoms with Crippen LogP contribution in [0.1, 0.15) is 26.7 Å². The van der Waals surface area contributed by atoms with Gasteiger partial charge in [-0.15, -0.1) is 11.3 Å². The molecular formula is C21H13BrN2O3S. The molecule has 0 amide bonds. The van der Waals surface area contributed by atoms with Crippen molar-refractivity contribution in [2.75, 3.05) is 0 Å². The average molecular weight is 453 g/mol. The summed E-state index contributed by atoms with van der Waals surface area (Å²) in [6.45, 7) is 0. The van der Waals surface area contributed by atoms with Gasteiger partial charge >= 0.3 is 5.97 Å². The highest BCUT2D eigenvalue weighted by molar-refractivity contribution is 9.10. The summed E-state index contributed by atoms with van der Waals surface area (Å²) in [5.74, 6) is 0.0609. The third-order valence-electron chi connectivity index (χ3n) is 4.33. The predicted octanol–water partition coefficient (Wildman–Crippen LogP) is 4.95. The van der Waals surface area contributed by atoms with Crippen molar-refractivity contribution in [3.05, 3.63) is 91.9 Å². The van der Waals surface area contributed by atoms with Crippen LogP contribution >= 0.6 is 27.3 Å². The topological polar surface area (TPSA) is 85.3 Å². The van der Waals surface area contributed by atoms with Crippen molar-refractivity contribution >= 4 is 33.2 Å². The minimum Gasteiger partial charge on any atom is -0.440 e. The molecule has 0 spiro atoms. The average Bonchev–Trinajstić information content (AvgIpc) is 3.22. The summed E-state index contributed by atoms with van der Waals surface area (Å²) in [7, 11) is 0. The van der Waals surface area contributed by atoms with Crippen LogP contribution in [-0.2, 0) is 0 Å². The quantitative estimate of drug-likeness (QED) is 0.448. The molecule has 0 fully saturated rings. The van der Waals surface area contributed by atoms with E-state index in [1.165, 1.54) is 11.3 Å². The maximum absolute atomic E-state index is 12.2. The maximum Gasteiger partial charge on any atom is 0.353 e. The first-order chi connectivity index (χ1) is 13.6. The molecule has 1 atom stereocenters. The number of ether oxygens (including phenoxy) is 2. The Morgan fingerprint density at radius 3 is 2.68 bits per heavy atom. The second kappa shape index (κ2) is 7.50. The van der Waals surface area contributed by atoms with Crippen molar-refractivity contribution in [2.24, 2.45) is 5.73 Å². The molecule has 3 aromatic rings. The largest absolute Gasteiger partial charge is 0.440 e. The first kappa shape index (κ1) is 18.3. The number of esters is 1. The standard InChI is InChI=1S/C21H13BrN2O3S/c22-13-5-3-12(4-6-13)19-15-8-7-14(26-21(25)18-2-1-9-28-18)10-17(15)27-20(24)16(19)11-23/h1-10,19H,24H2. The Morgan fingerprint density at radius 2 is 2.00 bits per heavy atom. The molecule has 0 radical (unpaired) electrons. The molecular weight excluding hydrogens is 440 g/mol.